The van der Waals surface area contributed by atoms with Gasteiger partial charge >= 0.3 is 0 Å². The summed E-state index contributed by atoms with van der Waals surface area (Å²) in [7, 11) is -3.39. The van der Waals surface area contributed by atoms with Crippen LogP contribution in [0.1, 0.15) is 37.4 Å². The van der Waals surface area contributed by atoms with Crippen molar-refractivity contribution in [3.05, 3.63) is 40.9 Å². The van der Waals surface area contributed by atoms with Crippen LogP contribution in [0, 0.1) is 0 Å². The molecule has 8 heteroatoms. The largest absolute Gasteiger partial charge is 0.378 e. The molecular formula is C20H26N2O4S2. The molecule has 0 atom stereocenters. The summed E-state index contributed by atoms with van der Waals surface area (Å²) in [4.78, 5) is 18.3. The first kappa shape index (κ1) is 21.0. The molecule has 3 rings (SSSR count). The molecule has 0 unspecified atom stereocenters. The van der Waals surface area contributed by atoms with Gasteiger partial charge in [-0.3, -0.25) is 4.79 Å². The first-order chi connectivity index (χ1) is 13.3. The highest BCUT2D eigenvalue weighted by molar-refractivity contribution is 7.90. The fraction of sp³-hybridized carbons (Fsp3) is 0.500. The van der Waals surface area contributed by atoms with E-state index in [2.05, 4.69) is 31.0 Å². The van der Waals surface area contributed by atoms with Crippen LogP contribution in [0.15, 0.2) is 29.6 Å². The second-order valence-corrected chi connectivity index (χ2v) is 10.3. The fourth-order valence-electron chi connectivity index (χ4n) is 3.03. The Labute approximate surface area is 170 Å². The van der Waals surface area contributed by atoms with Crippen molar-refractivity contribution in [2.24, 2.45) is 0 Å². The molecule has 0 radical (unpaired) electrons. The van der Waals surface area contributed by atoms with Crippen LogP contribution in [-0.2, 0) is 25.1 Å². The molecule has 152 valence electrons. The third kappa shape index (κ3) is 5.62. The van der Waals surface area contributed by atoms with Gasteiger partial charge in [-0.2, -0.15) is 0 Å². The summed E-state index contributed by atoms with van der Waals surface area (Å²) >= 11 is 1.44. The van der Waals surface area contributed by atoms with E-state index in [1.165, 1.54) is 16.9 Å². The summed E-state index contributed by atoms with van der Waals surface area (Å²) in [5, 5.41) is 2.59. The molecule has 28 heavy (non-hydrogen) atoms. The van der Waals surface area contributed by atoms with Gasteiger partial charge in [0, 0.05) is 30.5 Å². The molecule has 1 aliphatic heterocycles. The predicted octanol–water partition coefficient (Wildman–Crippen LogP) is 3.10. The van der Waals surface area contributed by atoms with E-state index < -0.39 is 9.84 Å². The van der Waals surface area contributed by atoms with Crippen LogP contribution in [0.2, 0.25) is 0 Å². The number of nitrogens with zero attached hydrogens (tertiary/aromatic N) is 2. The Morgan fingerprint density at radius 3 is 2.54 bits per heavy atom. The number of rotatable bonds is 7. The van der Waals surface area contributed by atoms with Crippen LogP contribution in [0.4, 0.5) is 0 Å². The Kier molecular flexibility index (Phi) is 6.85. The van der Waals surface area contributed by atoms with Gasteiger partial charge in [0.15, 0.2) is 9.84 Å². The highest BCUT2D eigenvalue weighted by Crippen LogP contribution is 2.26. The quantitative estimate of drug-likeness (QED) is 0.685. The smallest absolute Gasteiger partial charge is 0.223 e. The maximum Gasteiger partial charge on any atom is 0.223 e. The number of carbonyl (C=O) groups is 1. The van der Waals surface area contributed by atoms with E-state index in [1.807, 2.05) is 12.1 Å². The van der Waals surface area contributed by atoms with Crippen molar-refractivity contribution in [2.45, 2.75) is 31.9 Å². The van der Waals surface area contributed by atoms with Gasteiger partial charge in [-0.25, -0.2) is 13.4 Å². The Bertz CT molecular complexity index is 899. The van der Waals surface area contributed by atoms with Crippen molar-refractivity contribution in [2.75, 3.05) is 32.1 Å². The predicted molar refractivity (Wildman–Crippen MR) is 111 cm³/mol. The van der Waals surface area contributed by atoms with Crippen LogP contribution in [0.25, 0.3) is 10.6 Å². The standard InChI is InChI=1S/C20H26N2O4S2/c1-15(2)16-3-5-17(6-4-16)20-21-18(13-27-20)14-28(24,25)12-7-19(23)22-8-10-26-11-9-22/h3-6,13,15H,7-12,14H2,1-2H3. The van der Waals surface area contributed by atoms with E-state index in [0.29, 0.717) is 37.9 Å². The second-order valence-electron chi connectivity index (χ2n) is 7.26. The minimum absolute atomic E-state index is 0.00991. The number of benzene rings is 1. The number of hydrogen-bond acceptors (Lipinski definition) is 6. The zero-order valence-corrected chi connectivity index (χ0v) is 17.9. The van der Waals surface area contributed by atoms with Gasteiger partial charge in [-0.05, 0) is 11.5 Å². The van der Waals surface area contributed by atoms with Crippen LogP contribution >= 0.6 is 11.3 Å². The van der Waals surface area contributed by atoms with Crippen molar-refractivity contribution >= 4 is 27.1 Å². The molecule has 0 N–H and O–H groups in total. The number of hydrogen-bond donors (Lipinski definition) is 0. The van der Waals surface area contributed by atoms with E-state index in [4.69, 9.17) is 4.74 Å². The van der Waals surface area contributed by atoms with Gasteiger partial charge in [-0.1, -0.05) is 38.1 Å². The van der Waals surface area contributed by atoms with Crippen molar-refractivity contribution < 1.29 is 17.9 Å². The molecule has 1 amide bonds. The normalized spacial score (nSPS) is 15.2. The third-order valence-electron chi connectivity index (χ3n) is 4.73. The molecule has 0 aliphatic carbocycles. The summed E-state index contributed by atoms with van der Waals surface area (Å²) < 4.78 is 30.1. The van der Waals surface area contributed by atoms with Crippen LogP contribution in [0.3, 0.4) is 0 Å². The van der Waals surface area contributed by atoms with Gasteiger partial charge in [-0.15, -0.1) is 11.3 Å². The molecule has 1 aromatic carbocycles. The first-order valence-corrected chi connectivity index (χ1v) is 12.1. The second kappa shape index (κ2) is 9.15. The lowest BCUT2D eigenvalue weighted by Gasteiger charge is -2.26. The monoisotopic (exact) mass is 422 g/mol. The average Bonchev–Trinajstić information content (AvgIpc) is 3.14. The molecule has 2 heterocycles. The number of amides is 1. The topological polar surface area (TPSA) is 76.6 Å². The van der Waals surface area contributed by atoms with Gasteiger partial charge in [0.1, 0.15) is 5.01 Å². The summed E-state index contributed by atoms with van der Waals surface area (Å²) in [6, 6.07) is 8.20. The van der Waals surface area contributed by atoms with Gasteiger partial charge in [0.2, 0.25) is 5.91 Å². The van der Waals surface area contributed by atoms with Gasteiger partial charge in [0.25, 0.3) is 0 Å². The summed E-state index contributed by atoms with van der Waals surface area (Å²) in [6.45, 7) is 6.38. The van der Waals surface area contributed by atoms with Crippen molar-refractivity contribution in [1.82, 2.24) is 9.88 Å². The summed E-state index contributed by atoms with van der Waals surface area (Å²) in [6.07, 6.45) is 0.00991. The minimum Gasteiger partial charge on any atom is -0.378 e. The lowest BCUT2D eigenvalue weighted by molar-refractivity contribution is -0.134. The number of carbonyl (C=O) groups excluding carboxylic acids is 1. The molecular weight excluding hydrogens is 396 g/mol. The van der Waals surface area contributed by atoms with E-state index in [9.17, 15) is 13.2 Å². The Morgan fingerprint density at radius 2 is 1.89 bits per heavy atom. The van der Waals surface area contributed by atoms with Crippen LogP contribution in [-0.4, -0.2) is 56.3 Å². The zero-order chi connectivity index (χ0) is 20.1. The van der Waals surface area contributed by atoms with Crippen molar-refractivity contribution in [3.63, 3.8) is 0 Å². The molecule has 0 bridgehead atoms. The summed E-state index contributed by atoms with van der Waals surface area (Å²) in [5.74, 6) is 0.0469. The summed E-state index contributed by atoms with van der Waals surface area (Å²) in [5.41, 5.74) is 2.78. The fourth-order valence-corrected chi connectivity index (χ4v) is 5.19. The lowest BCUT2D eigenvalue weighted by Crippen LogP contribution is -2.41. The van der Waals surface area contributed by atoms with E-state index >= 15 is 0 Å². The Balaban J connectivity index is 1.58. The van der Waals surface area contributed by atoms with E-state index in [1.54, 1.807) is 10.3 Å². The van der Waals surface area contributed by atoms with Crippen LogP contribution in [0.5, 0.6) is 0 Å². The molecule has 1 saturated heterocycles. The zero-order valence-electron chi connectivity index (χ0n) is 16.3. The number of ether oxygens (including phenoxy) is 1. The number of sulfone groups is 1. The molecule has 1 fully saturated rings. The number of thiazole rings is 1. The highest BCUT2D eigenvalue weighted by Gasteiger charge is 2.21. The Morgan fingerprint density at radius 1 is 1.21 bits per heavy atom. The molecule has 2 aromatic rings. The SMILES string of the molecule is CC(C)c1ccc(-c2nc(CS(=O)(=O)CCC(=O)N3CCOCC3)cs2)cc1. The molecule has 1 aromatic heterocycles. The Hall–Kier alpha value is -1.77. The molecule has 6 nitrogen and oxygen atoms in total. The van der Waals surface area contributed by atoms with E-state index in [0.717, 1.165) is 10.6 Å². The minimum atomic E-state index is -3.39. The van der Waals surface area contributed by atoms with E-state index in [-0.39, 0.29) is 23.8 Å². The number of morpholine rings is 1. The van der Waals surface area contributed by atoms with Crippen molar-refractivity contribution in [1.29, 1.82) is 0 Å². The highest BCUT2D eigenvalue weighted by atomic mass is 32.2. The maximum atomic E-state index is 12.4. The number of aromatic nitrogens is 1. The maximum absolute atomic E-state index is 12.4. The average molecular weight is 423 g/mol. The molecule has 0 saturated carbocycles. The third-order valence-corrected chi connectivity index (χ3v) is 7.24. The lowest BCUT2D eigenvalue weighted by atomic mass is 10.0. The van der Waals surface area contributed by atoms with Crippen molar-refractivity contribution in [3.8, 4) is 10.6 Å². The van der Waals surface area contributed by atoms with Gasteiger partial charge < -0.3 is 9.64 Å². The molecule has 1 aliphatic rings. The molecule has 0 spiro atoms. The van der Waals surface area contributed by atoms with Crippen LogP contribution < -0.4 is 0 Å². The first-order valence-electron chi connectivity index (χ1n) is 9.45. The van der Waals surface area contributed by atoms with Gasteiger partial charge in [0.05, 0.1) is 30.4 Å².